The molecule has 0 saturated heterocycles. The first-order valence-corrected chi connectivity index (χ1v) is 14.2. The smallest absolute Gasteiger partial charge is 0.240 e. The summed E-state index contributed by atoms with van der Waals surface area (Å²) < 4.78 is 6.48. The summed E-state index contributed by atoms with van der Waals surface area (Å²) >= 11 is 0. The number of nitrogens with zero attached hydrogens (tertiary/aromatic N) is 1. The van der Waals surface area contributed by atoms with Crippen molar-refractivity contribution in [3.63, 3.8) is 0 Å². The van der Waals surface area contributed by atoms with Crippen LogP contribution in [0.25, 0.3) is 0 Å². The maximum absolute atomic E-state index is 13.5. The molecule has 0 radical (unpaired) electrons. The number of likely N-dealkylation sites (N-methyl/N-ethyl adjacent to an activating group) is 2. The van der Waals surface area contributed by atoms with Gasteiger partial charge in [0.05, 0.1) is 18.7 Å². The predicted molar refractivity (Wildman–Crippen MR) is 147 cm³/mol. The van der Waals surface area contributed by atoms with Gasteiger partial charge in [0.2, 0.25) is 11.8 Å². The van der Waals surface area contributed by atoms with Gasteiger partial charge in [0.15, 0.2) is 0 Å². The number of aliphatic hydroxyl groups excluding tert-OH is 1. The molecule has 9 heteroatoms. The molecule has 3 rings (SSSR count). The largest absolute Gasteiger partial charge is 0.489 e. The third kappa shape index (κ3) is 8.25. The summed E-state index contributed by atoms with van der Waals surface area (Å²) in [7, 11) is 3.36. The first kappa shape index (κ1) is 30.1. The van der Waals surface area contributed by atoms with Crippen LogP contribution in [0.15, 0.2) is 18.2 Å². The fraction of sp³-hybridized carbons (Fsp3) is 0.690. The van der Waals surface area contributed by atoms with Crippen LogP contribution in [0.2, 0.25) is 0 Å². The molecule has 1 saturated carbocycles. The number of benzene rings is 1. The Hall–Kier alpha value is -2.49. The summed E-state index contributed by atoms with van der Waals surface area (Å²) in [6.45, 7) is 3.00. The van der Waals surface area contributed by atoms with E-state index in [-0.39, 0.29) is 23.8 Å². The summed E-state index contributed by atoms with van der Waals surface area (Å²) in [5.74, 6) is 0.974. The van der Waals surface area contributed by atoms with Crippen molar-refractivity contribution >= 4 is 18.1 Å². The normalized spacial score (nSPS) is 19.9. The highest BCUT2D eigenvalue weighted by molar-refractivity contribution is 5.85. The fourth-order valence-corrected chi connectivity index (χ4v) is 5.68. The quantitative estimate of drug-likeness (QED) is 0.213. The zero-order valence-corrected chi connectivity index (χ0v) is 23.2. The first-order chi connectivity index (χ1) is 18.3. The number of ether oxygens (including phenoxy) is 1. The highest BCUT2D eigenvalue weighted by atomic mass is 16.5. The third-order valence-corrected chi connectivity index (χ3v) is 7.86. The minimum Gasteiger partial charge on any atom is -0.489 e. The maximum Gasteiger partial charge on any atom is 0.240 e. The summed E-state index contributed by atoms with van der Waals surface area (Å²) in [5.41, 5.74) is 2.34. The van der Waals surface area contributed by atoms with Gasteiger partial charge in [-0.1, -0.05) is 37.5 Å². The minimum atomic E-state index is -0.929. The number of amides is 2. The maximum atomic E-state index is 13.5. The van der Waals surface area contributed by atoms with Gasteiger partial charge in [0.1, 0.15) is 24.2 Å². The molecule has 4 atom stereocenters. The number of aldehydes is 1. The molecule has 38 heavy (non-hydrogen) atoms. The standard InChI is InChI=1S/C29H46N4O5/c1-20(35)25(19-34)33(3)29(37)27(21-9-5-4-6-10-21)32-17-24-15-14-23-12-7-11-22(28(23)38-24)13-8-16-31-26(36)18-30-2/h7,11-12,19-21,24-25,27,30,32,35H,4-6,8-10,13-18H2,1-3H3,(H,31,36). The number of rotatable bonds is 14. The lowest BCUT2D eigenvalue weighted by molar-refractivity contribution is -0.141. The zero-order chi connectivity index (χ0) is 27.5. The predicted octanol–water partition coefficient (Wildman–Crippen LogP) is 1.59. The first-order valence-electron chi connectivity index (χ1n) is 14.2. The molecule has 1 aromatic carbocycles. The topological polar surface area (TPSA) is 120 Å². The number of aliphatic hydroxyl groups is 1. The van der Waals surface area contributed by atoms with Crippen LogP contribution in [0.3, 0.4) is 0 Å². The lowest BCUT2D eigenvalue weighted by Crippen LogP contribution is -2.56. The average molecular weight is 531 g/mol. The van der Waals surface area contributed by atoms with Crippen molar-refractivity contribution in [3.05, 3.63) is 29.3 Å². The van der Waals surface area contributed by atoms with Crippen LogP contribution in [0, 0.1) is 5.92 Å². The lowest BCUT2D eigenvalue weighted by atomic mass is 9.83. The molecule has 0 bridgehead atoms. The highest BCUT2D eigenvalue weighted by Crippen LogP contribution is 2.33. The molecule has 2 amide bonds. The molecule has 0 spiro atoms. The summed E-state index contributed by atoms with van der Waals surface area (Å²) in [6, 6.07) is 4.98. The van der Waals surface area contributed by atoms with Crippen LogP contribution < -0.4 is 20.7 Å². The molecule has 1 aliphatic carbocycles. The van der Waals surface area contributed by atoms with Crippen LogP contribution in [0.1, 0.15) is 63.0 Å². The molecular weight excluding hydrogens is 484 g/mol. The number of hydrogen-bond donors (Lipinski definition) is 4. The zero-order valence-electron chi connectivity index (χ0n) is 23.2. The summed E-state index contributed by atoms with van der Waals surface area (Å²) in [5, 5.41) is 19.3. The molecule has 9 nitrogen and oxygen atoms in total. The number of carbonyl (C=O) groups excluding carboxylic acids is 3. The third-order valence-electron chi connectivity index (χ3n) is 7.86. The van der Waals surface area contributed by atoms with Crippen LogP contribution in [-0.4, -0.2) is 86.1 Å². The van der Waals surface area contributed by atoms with Gasteiger partial charge in [-0.25, -0.2) is 0 Å². The highest BCUT2D eigenvalue weighted by Gasteiger charge is 2.35. The Kier molecular flexibility index (Phi) is 12.0. The van der Waals surface area contributed by atoms with Gasteiger partial charge in [0.25, 0.3) is 0 Å². The van der Waals surface area contributed by atoms with Crippen molar-refractivity contribution in [1.82, 2.24) is 20.9 Å². The number of carbonyl (C=O) groups is 3. The molecule has 1 fully saturated rings. The molecule has 1 aliphatic heterocycles. The molecule has 0 aromatic heterocycles. The van der Waals surface area contributed by atoms with Gasteiger partial charge in [-0.05, 0) is 69.5 Å². The van der Waals surface area contributed by atoms with Gasteiger partial charge < -0.3 is 35.5 Å². The Morgan fingerprint density at radius 3 is 2.66 bits per heavy atom. The Morgan fingerprint density at radius 2 is 1.97 bits per heavy atom. The van der Waals surface area contributed by atoms with Gasteiger partial charge in [-0.15, -0.1) is 0 Å². The van der Waals surface area contributed by atoms with E-state index in [2.05, 4.69) is 34.1 Å². The van der Waals surface area contributed by atoms with Crippen molar-refractivity contribution in [2.45, 2.75) is 89.0 Å². The van der Waals surface area contributed by atoms with E-state index in [0.29, 0.717) is 25.9 Å². The Bertz CT molecular complexity index is 918. The van der Waals surface area contributed by atoms with E-state index in [1.807, 2.05) is 0 Å². The second-order valence-corrected chi connectivity index (χ2v) is 10.8. The Labute approximate surface area is 227 Å². The molecule has 1 aromatic rings. The van der Waals surface area contributed by atoms with E-state index in [1.165, 1.54) is 23.8 Å². The van der Waals surface area contributed by atoms with E-state index in [4.69, 9.17) is 4.74 Å². The minimum absolute atomic E-state index is 0.00870. The molecule has 2 aliphatic rings. The van der Waals surface area contributed by atoms with Crippen LogP contribution in [0.4, 0.5) is 0 Å². The van der Waals surface area contributed by atoms with Crippen molar-refractivity contribution < 1.29 is 24.2 Å². The SMILES string of the molecule is CNCC(=O)NCCCc1cccc2c1OC(CNC(C(=O)N(C)C(C=O)C(C)O)C1CCCCC1)CC2. The van der Waals surface area contributed by atoms with Crippen molar-refractivity contribution in [3.8, 4) is 5.75 Å². The van der Waals surface area contributed by atoms with Crippen LogP contribution >= 0.6 is 0 Å². The molecule has 212 valence electrons. The van der Waals surface area contributed by atoms with Crippen molar-refractivity contribution in [1.29, 1.82) is 0 Å². The van der Waals surface area contributed by atoms with Gasteiger partial charge in [-0.3, -0.25) is 9.59 Å². The van der Waals surface area contributed by atoms with E-state index in [9.17, 15) is 19.5 Å². The van der Waals surface area contributed by atoms with Crippen molar-refractivity contribution in [2.24, 2.45) is 5.92 Å². The van der Waals surface area contributed by atoms with E-state index in [0.717, 1.165) is 62.7 Å². The second kappa shape index (κ2) is 15.2. The fourth-order valence-electron chi connectivity index (χ4n) is 5.68. The number of fused-ring (bicyclic) bond motifs is 1. The molecule has 4 N–H and O–H groups in total. The van der Waals surface area contributed by atoms with Gasteiger partial charge in [-0.2, -0.15) is 0 Å². The summed E-state index contributed by atoms with van der Waals surface area (Å²) in [6.07, 6.45) is 8.37. The number of nitrogens with one attached hydrogen (secondary N) is 3. The summed E-state index contributed by atoms with van der Waals surface area (Å²) in [4.78, 5) is 38.2. The van der Waals surface area contributed by atoms with Gasteiger partial charge in [0, 0.05) is 20.1 Å². The van der Waals surface area contributed by atoms with Crippen molar-refractivity contribution in [2.75, 3.05) is 33.7 Å². The van der Waals surface area contributed by atoms with Gasteiger partial charge >= 0.3 is 0 Å². The monoisotopic (exact) mass is 530 g/mol. The Morgan fingerprint density at radius 1 is 1.21 bits per heavy atom. The second-order valence-electron chi connectivity index (χ2n) is 10.8. The van der Waals surface area contributed by atoms with Crippen LogP contribution in [-0.2, 0) is 27.2 Å². The Balaban J connectivity index is 1.63. The van der Waals surface area contributed by atoms with Crippen LogP contribution in [0.5, 0.6) is 5.75 Å². The average Bonchev–Trinajstić information content (AvgIpc) is 2.92. The number of hydrogen-bond acceptors (Lipinski definition) is 7. The van der Waals surface area contributed by atoms with E-state index < -0.39 is 18.2 Å². The number of para-hydroxylation sites is 1. The molecule has 4 unspecified atom stereocenters. The van der Waals surface area contributed by atoms with E-state index >= 15 is 0 Å². The molecular formula is C29H46N4O5. The lowest BCUT2D eigenvalue weighted by Gasteiger charge is -2.36. The molecule has 1 heterocycles. The van der Waals surface area contributed by atoms with E-state index in [1.54, 1.807) is 14.1 Å². The number of aryl methyl sites for hydroxylation is 2.